The molecule has 31 heavy (non-hydrogen) atoms. The second-order valence-electron chi connectivity index (χ2n) is 7.13. The summed E-state index contributed by atoms with van der Waals surface area (Å²) in [5.41, 5.74) is 9.52. The number of nitrogens with two attached hydrogens (primary N) is 1. The van der Waals surface area contributed by atoms with E-state index in [1.165, 1.54) is 24.0 Å². The van der Waals surface area contributed by atoms with Crippen LogP contribution in [-0.2, 0) is 13.1 Å². The lowest BCUT2D eigenvalue weighted by molar-refractivity contribution is 0.765. The number of anilines is 2. The number of aromatic nitrogens is 2. The molecule has 3 heterocycles. The van der Waals surface area contributed by atoms with Gasteiger partial charge < -0.3 is 21.3 Å². The molecule has 0 atom stereocenters. The Bertz CT molecular complexity index is 818. The molecule has 0 unspecified atom stereocenters. The number of nitrogen functional groups attached to an aromatic ring is 1. The van der Waals surface area contributed by atoms with Crippen LogP contribution in [0.2, 0.25) is 5.28 Å². The summed E-state index contributed by atoms with van der Waals surface area (Å²) in [7, 11) is 0. The summed E-state index contributed by atoms with van der Waals surface area (Å²) >= 11 is 9.15. The van der Waals surface area contributed by atoms with Crippen LogP contribution < -0.4 is 21.3 Å². The minimum atomic E-state index is 0.193. The van der Waals surface area contributed by atoms with E-state index in [1.807, 2.05) is 0 Å². The quantitative estimate of drug-likeness (QED) is 0.312. The molecule has 4 N–H and O–H groups in total. The van der Waals surface area contributed by atoms with Gasteiger partial charge in [-0.15, -0.1) is 0 Å². The molecule has 0 saturated heterocycles. The van der Waals surface area contributed by atoms with Crippen LogP contribution in [0.1, 0.15) is 30.4 Å². The Hall–Kier alpha value is -2.22. The van der Waals surface area contributed by atoms with Gasteiger partial charge in [0.05, 0.1) is 11.9 Å². The van der Waals surface area contributed by atoms with Crippen molar-refractivity contribution in [1.29, 1.82) is 0 Å². The molecule has 1 fully saturated rings. The van der Waals surface area contributed by atoms with Gasteiger partial charge in [-0.2, -0.15) is 17.6 Å². The highest BCUT2D eigenvalue weighted by molar-refractivity contribution is 7.79. The average molecular weight is 461 g/mol. The highest BCUT2D eigenvalue weighted by Crippen LogP contribution is 2.22. The van der Waals surface area contributed by atoms with Gasteiger partial charge in [-0.3, -0.25) is 0 Å². The fourth-order valence-corrected chi connectivity index (χ4v) is 3.26. The van der Waals surface area contributed by atoms with E-state index in [-0.39, 0.29) is 5.28 Å². The van der Waals surface area contributed by atoms with E-state index in [4.69, 9.17) is 17.3 Å². The number of nitrogens with one attached hydrogen (secondary N) is 2. The molecule has 8 heteroatoms. The average Bonchev–Trinajstić information content (AvgIpc) is 3.50. The van der Waals surface area contributed by atoms with E-state index in [2.05, 4.69) is 81.1 Å². The van der Waals surface area contributed by atoms with Crippen LogP contribution >= 0.6 is 24.2 Å². The fraction of sp³-hybridized carbons (Fsp3) is 0.391. The second kappa shape index (κ2) is 14.0. The maximum Gasteiger partial charge on any atom is 0.224 e. The second-order valence-corrected chi connectivity index (χ2v) is 7.47. The molecular formula is C23H33ClN6S. The van der Waals surface area contributed by atoms with Gasteiger partial charge in [0.25, 0.3) is 0 Å². The summed E-state index contributed by atoms with van der Waals surface area (Å²) in [6.07, 6.45) is 13.1. The van der Waals surface area contributed by atoms with Gasteiger partial charge in [-0.25, -0.2) is 4.98 Å². The zero-order chi connectivity index (χ0) is 22.5. The van der Waals surface area contributed by atoms with Gasteiger partial charge in [-0.1, -0.05) is 43.0 Å². The van der Waals surface area contributed by atoms with E-state index in [0.717, 1.165) is 44.3 Å². The number of benzene rings is 1. The van der Waals surface area contributed by atoms with E-state index in [9.17, 15) is 0 Å². The van der Waals surface area contributed by atoms with Gasteiger partial charge in [0.15, 0.2) is 5.82 Å². The minimum Gasteiger partial charge on any atom is -0.389 e. The monoisotopic (exact) mass is 460 g/mol. The Morgan fingerprint density at radius 3 is 2.39 bits per heavy atom. The van der Waals surface area contributed by atoms with Crippen LogP contribution in [0.5, 0.6) is 0 Å². The summed E-state index contributed by atoms with van der Waals surface area (Å²) in [4.78, 5) is 9.97. The lowest BCUT2D eigenvalue weighted by Crippen LogP contribution is -2.27. The highest BCUT2D eigenvalue weighted by atomic mass is 35.5. The summed E-state index contributed by atoms with van der Waals surface area (Å²) < 4.78 is 0. The maximum atomic E-state index is 5.75. The SMILES string of the molecule is C=CNC1CC1.CS.Nc1nc(Cl)ncc1N1CC=CCC1.c1ccc2c(c1)CNC2. The first-order valence-corrected chi connectivity index (χ1v) is 11.7. The molecule has 0 spiro atoms. The van der Waals surface area contributed by atoms with Crippen molar-refractivity contribution in [2.75, 3.05) is 30.0 Å². The van der Waals surface area contributed by atoms with Gasteiger partial charge in [0, 0.05) is 32.2 Å². The smallest absolute Gasteiger partial charge is 0.224 e. The minimum absolute atomic E-state index is 0.193. The number of hydrogen-bond donors (Lipinski definition) is 4. The summed E-state index contributed by atoms with van der Waals surface area (Å²) in [6, 6.07) is 9.31. The Kier molecular flexibility index (Phi) is 11.3. The third-order valence-electron chi connectivity index (χ3n) is 4.85. The molecule has 3 aliphatic rings. The predicted octanol–water partition coefficient (Wildman–Crippen LogP) is 4.20. The largest absolute Gasteiger partial charge is 0.389 e. The zero-order valence-corrected chi connectivity index (χ0v) is 19.7. The van der Waals surface area contributed by atoms with Crippen LogP contribution in [0.3, 0.4) is 0 Å². The van der Waals surface area contributed by atoms with Crippen LogP contribution in [0.4, 0.5) is 11.5 Å². The van der Waals surface area contributed by atoms with Gasteiger partial charge in [0.1, 0.15) is 0 Å². The normalized spacial score (nSPS) is 15.8. The summed E-state index contributed by atoms with van der Waals surface area (Å²) in [5.74, 6) is 0.445. The number of halogens is 1. The lowest BCUT2D eigenvalue weighted by Gasteiger charge is -2.25. The number of fused-ring (bicyclic) bond motifs is 1. The molecule has 0 bridgehead atoms. The van der Waals surface area contributed by atoms with Gasteiger partial charge >= 0.3 is 0 Å². The van der Waals surface area contributed by atoms with E-state index in [0.29, 0.717) is 5.82 Å². The van der Waals surface area contributed by atoms with Crippen molar-refractivity contribution in [3.63, 3.8) is 0 Å². The van der Waals surface area contributed by atoms with Crippen molar-refractivity contribution < 1.29 is 0 Å². The molecule has 2 aliphatic heterocycles. The van der Waals surface area contributed by atoms with Crippen molar-refractivity contribution in [2.45, 2.75) is 38.4 Å². The molecule has 1 aliphatic carbocycles. The Morgan fingerprint density at radius 1 is 1.23 bits per heavy atom. The summed E-state index contributed by atoms with van der Waals surface area (Å²) in [6.45, 7) is 7.44. The Morgan fingerprint density at radius 2 is 1.90 bits per heavy atom. The highest BCUT2D eigenvalue weighted by Gasteiger charge is 2.18. The predicted molar refractivity (Wildman–Crippen MR) is 136 cm³/mol. The standard InChI is InChI=1S/C9H11ClN4.C8H9N.C5H9N.CH4S/c10-9-12-6-7(8(11)13-9)14-4-2-1-3-5-14;1-2-4-8-6-9-5-7(8)3-1;1-2-6-5-3-4-5;1-2/h1-2,6H,3-5H2,(H2,11,12,13);1-4,9H,5-6H2;2,5-6H,1,3-4H2;2H,1H3. The van der Waals surface area contributed by atoms with E-state index in [1.54, 1.807) is 18.7 Å². The van der Waals surface area contributed by atoms with Crippen molar-refractivity contribution in [3.8, 4) is 0 Å². The van der Waals surface area contributed by atoms with Crippen molar-refractivity contribution in [1.82, 2.24) is 20.6 Å². The van der Waals surface area contributed by atoms with Crippen LogP contribution in [0, 0.1) is 0 Å². The maximum absolute atomic E-state index is 5.75. The topological polar surface area (TPSA) is 79.1 Å². The molecule has 6 nitrogen and oxygen atoms in total. The molecule has 0 amide bonds. The Balaban J connectivity index is 0.000000172. The first-order valence-electron chi connectivity index (χ1n) is 10.4. The number of rotatable bonds is 3. The van der Waals surface area contributed by atoms with Crippen molar-refractivity contribution in [2.24, 2.45) is 0 Å². The molecule has 168 valence electrons. The molecule has 1 saturated carbocycles. The lowest BCUT2D eigenvalue weighted by atomic mass is 10.1. The van der Waals surface area contributed by atoms with Crippen molar-refractivity contribution >= 4 is 35.7 Å². The van der Waals surface area contributed by atoms with Gasteiger partial charge in [-0.05, 0) is 54.4 Å². The first kappa shape index (κ1) is 25.0. The van der Waals surface area contributed by atoms with E-state index < -0.39 is 0 Å². The fourth-order valence-electron chi connectivity index (χ4n) is 3.12. The molecule has 1 aromatic heterocycles. The Labute approximate surface area is 196 Å². The molecule has 2 aromatic rings. The van der Waals surface area contributed by atoms with Crippen LogP contribution in [-0.4, -0.2) is 35.4 Å². The first-order chi connectivity index (χ1) is 15.2. The molecule has 5 rings (SSSR count). The summed E-state index contributed by atoms with van der Waals surface area (Å²) in [5, 5.41) is 6.56. The molecule has 0 radical (unpaired) electrons. The zero-order valence-electron chi connectivity index (χ0n) is 18.1. The molecular weight excluding hydrogens is 428 g/mol. The van der Waals surface area contributed by atoms with Crippen LogP contribution in [0.25, 0.3) is 0 Å². The number of nitrogens with zero attached hydrogens (tertiary/aromatic N) is 3. The third kappa shape index (κ3) is 8.81. The molecule has 1 aromatic carbocycles. The number of thiol groups is 1. The number of hydrogen-bond acceptors (Lipinski definition) is 7. The van der Waals surface area contributed by atoms with Gasteiger partial charge in [0.2, 0.25) is 5.28 Å². The third-order valence-corrected chi connectivity index (χ3v) is 5.03. The van der Waals surface area contributed by atoms with E-state index >= 15 is 0 Å². The van der Waals surface area contributed by atoms with Crippen molar-refractivity contribution in [3.05, 3.63) is 71.8 Å². The van der Waals surface area contributed by atoms with Crippen LogP contribution in [0.15, 0.2) is 55.4 Å².